The normalized spacial score (nSPS) is 10.9. The highest BCUT2D eigenvalue weighted by atomic mass is 32.2. The molecule has 0 aliphatic carbocycles. The van der Waals surface area contributed by atoms with E-state index in [1.54, 1.807) is 43.5 Å². The van der Waals surface area contributed by atoms with Crippen molar-refractivity contribution in [2.45, 2.75) is 0 Å². The lowest BCUT2D eigenvalue weighted by Gasteiger charge is -2.21. The van der Waals surface area contributed by atoms with Crippen LogP contribution in [0, 0.1) is 0 Å². The van der Waals surface area contributed by atoms with Gasteiger partial charge in [0, 0.05) is 37.6 Å². The molecule has 2 rings (SSSR count). The fourth-order valence-corrected chi connectivity index (χ4v) is 4.40. The number of sulfone groups is 1. The maximum atomic E-state index is 12.4. The zero-order valence-corrected chi connectivity index (χ0v) is 18.1. The van der Waals surface area contributed by atoms with E-state index in [1.165, 1.54) is 4.90 Å². The highest BCUT2D eigenvalue weighted by molar-refractivity contribution is 7.92. The molecule has 28 heavy (non-hydrogen) atoms. The smallest absolute Gasteiger partial charge is 0.175 e. The van der Waals surface area contributed by atoms with E-state index in [4.69, 9.17) is 24.4 Å². The molecule has 0 bridgehead atoms. The maximum absolute atomic E-state index is 12.4. The minimum atomic E-state index is -3.67. The van der Waals surface area contributed by atoms with E-state index in [9.17, 15) is 13.2 Å². The monoisotopic (exact) mass is 435 g/mol. The molecule has 0 unspecified atom stereocenters. The number of aromatic nitrogens is 1. The van der Waals surface area contributed by atoms with Crippen molar-refractivity contribution in [2.75, 3.05) is 32.3 Å². The summed E-state index contributed by atoms with van der Waals surface area (Å²) in [5, 5.41) is 0. The Balaban J connectivity index is 1.93. The van der Waals surface area contributed by atoms with Crippen LogP contribution in [0.1, 0.15) is 11.1 Å². The Morgan fingerprint density at radius 2 is 1.57 bits per heavy atom. The molecule has 0 aliphatic heterocycles. The lowest BCUT2D eigenvalue weighted by atomic mass is 10.2. The maximum Gasteiger partial charge on any atom is 0.175 e. The number of hydrogen-bond donors (Lipinski definition) is 0. The van der Waals surface area contributed by atoms with Gasteiger partial charge in [-0.2, -0.15) is 0 Å². The van der Waals surface area contributed by atoms with Crippen LogP contribution in [-0.2, 0) is 14.6 Å². The predicted octanol–water partition coefficient (Wildman–Crippen LogP) is 1.94. The van der Waals surface area contributed by atoms with Crippen molar-refractivity contribution in [2.24, 2.45) is 0 Å². The van der Waals surface area contributed by atoms with Crippen LogP contribution in [0.2, 0.25) is 0 Å². The largest absolute Gasteiger partial charge is 0.358 e. The summed E-state index contributed by atoms with van der Waals surface area (Å²) in [5.41, 5.74) is 1.45. The number of benzene rings is 1. The number of likely N-dealkylation sites (N-methyl/N-ethyl adjacent to an activating group) is 1. The summed E-state index contributed by atoms with van der Waals surface area (Å²) in [6.07, 6.45) is 3.17. The molecule has 0 atom stereocenters. The molecule has 1 aromatic heterocycles. The second-order valence-electron chi connectivity index (χ2n) is 6.33. The molecule has 148 valence electrons. The summed E-state index contributed by atoms with van der Waals surface area (Å²) in [4.78, 5) is 20.1. The molecule has 2 aromatic rings. The van der Waals surface area contributed by atoms with Gasteiger partial charge in [-0.15, -0.1) is 0 Å². The zero-order chi connectivity index (χ0) is 20.7. The summed E-state index contributed by atoms with van der Waals surface area (Å²) < 4.78 is 24.8. The summed E-state index contributed by atoms with van der Waals surface area (Å²) in [7, 11) is -0.423. The molecular formula is C19H21N3O3S3. The molecule has 0 fully saturated rings. The Hall–Kier alpha value is -2.23. The van der Waals surface area contributed by atoms with Gasteiger partial charge < -0.3 is 9.80 Å². The minimum absolute atomic E-state index is 0.0796. The molecule has 0 amide bonds. The van der Waals surface area contributed by atoms with Gasteiger partial charge in [0.25, 0.3) is 0 Å². The molecule has 1 heterocycles. The summed E-state index contributed by atoms with van der Waals surface area (Å²) in [5.74, 6) is -1.35. The van der Waals surface area contributed by atoms with Crippen LogP contribution < -0.4 is 0 Å². The van der Waals surface area contributed by atoms with Gasteiger partial charge >= 0.3 is 0 Å². The van der Waals surface area contributed by atoms with Crippen LogP contribution >= 0.6 is 24.4 Å². The van der Waals surface area contributed by atoms with Crippen molar-refractivity contribution >= 4 is 50.0 Å². The highest BCUT2D eigenvalue weighted by Gasteiger charge is 2.22. The molecule has 0 saturated carbocycles. The minimum Gasteiger partial charge on any atom is -0.358 e. The van der Waals surface area contributed by atoms with E-state index in [2.05, 4.69) is 4.98 Å². The Labute approximate surface area is 176 Å². The van der Waals surface area contributed by atoms with Gasteiger partial charge in [-0.05, 0) is 12.1 Å². The number of hydrogen-bond acceptors (Lipinski definition) is 6. The number of Topliss-reactive ketones (excluding diaryl/α,β-unsaturated/α-hetero) is 1. The van der Waals surface area contributed by atoms with Crippen LogP contribution in [-0.4, -0.2) is 71.2 Å². The first-order valence-corrected chi connectivity index (χ1v) is 11.0. The topological polar surface area (TPSA) is 70.6 Å². The molecule has 0 spiro atoms. The third-order valence-corrected chi connectivity index (χ3v) is 6.44. The molecule has 0 saturated heterocycles. The van der Waals surface area contributed by atoms with Crippen LogP contribution in [0.3, 0.4) is 0 Å². The first kappa shape index (κ1) is 22.1. The number of carbonyl (C=O) groups excluding carboxylic acids is 1. The fraction of sp³-hybridized carbons (Fsp3) is 0.263. The van der Waals surface area contributed by atoms with E-state index in [0.29, 0.717) is 15.5 Å². The Morgan fingerprint density at radius 1 is 0.964 bits per heavy atom. The van der Waals surface area contributed by atoms with E-state index in [1.807, 2.05) is 30.3 Å². The SMILES string of the molecule is CN(CC(=O)CS(=O)(=O)CN(C)C(=S)c1cccnc1)C(=S)c1ccccc1. The Morgan fingerprint density at radius 3 is 2.18 bits per heavy atom. The third-order valence-electron chi connectivity index (χ3n) is 3.81. The lowest BCUT2D eigenvalue weighted by Crippen LogP contribution is -2.37. The van der Waals surface area contributed by atoms with E-state index in [0.717, 1.165) is 5.56 Å². The van der Waals surface area contributed by atoms with Gasteiger partial charge in [0.05, 0.1) is 6.54 Å². The standard InChI is InChI=1S/C19H21N3O3S3/c1-21(18(26)15-7-4-3-5-8-15)12-17(23)13-28(24,25)14-22(2)19(27)16-9-6-10-20-11-16/h3-11H,12-14H2,1-2H3. The first-order chi connectivity index (χ1) is 13.2. The Kier molecular flexibility index (Phi) is 7.73. The van der Waals surface area contributed by atoms with Crippen LogP contribution in [0.15, 0.2) is 54.9 Å². The summed E-state index contributed by atoms with van der Waals surface area (Å²) in [6.45, 7) is -0.0796. The first-order valence-electron chi connectivity index (χ1n) is 8.38. The molecule has 0 N–H and O–H groups in total. The Bertz CT molecular complexity index is 948. The van der Waals surface area contributed by atoms with E-state index in [-0.39, 0.29) is 12.4 Å². The fourth-order valence-electron chi connectivity index (χ4n) is 2.54. The predicted molar refractivity (Wildman–Crippen MR) is 118 cm³/mol. The second kappa shape index (κ2) is 9.81. The number of nitrogens with zero attached hydrogens (tertiary/aromatic N) is 3. The van der Waals surface area contributed by atoms with Crippen LogP contribution in [0.4, 0.5) is 0 Å². The van der Waals surface area contributed by atoms with Crippen molar-refractivity contribution in [3.05, 3.63) is 66.0 Å². The molecule has 6 nitrogen and oxygen atoms in total. The summed E-state index contributed by atoms with van der Waals surface area (Å²) in [6, 6.07) is 12.7. The van der Waals surface area contributed by atoms with Crippen molar-refractivity contribution in [1.29, 1.82) is 0 Å². The molecule has 9 heteroatoms. The number of carbonyl (C=O) groups is 1. The van der Waals surface area contributed by atoms with Gasteiger partial charge in [-0.25, -0.2) is 8.42 Å². The quantitative estimate of drug-likeness (QED) is 0.583. The van der Waals surface area contributed by atoms with Gasteiger partial charge in [-0.3, -0.25) is 9.78 Å². The zero-order valence-electron chi connectivity index (χ0n) is 15.6. The summed E-state index contributed by atoms with van der Waals surface area (Å²) >= 11 is 10.6. The lowest BCUT2D eigenvalue weighted by molar-refractivity contribution is -0.116. The van der Waals surface area contributed by atoms with Crippen molar-refractivity contribution in [3.63, 3.8) is 0 Å². The third kappa shape index (κ3) is 6.43. The van der Waals surface area contributed by atoms with Gasteiger partial charge in [-0.1, -0.05) is 54.8 Å². The van der Waals surface area contributed by atoms with Crippen molar-refractivity contribution in [3.8, 4) is 0 Å². The number of rotatable bonds is 8. The molecule has 0 radical (unpaired) electrons. The van der Waals surface area contributed by atoms with Crippen LogP contribution in [0.25, 0.3) is 0 Å². The van der Waals surface area contributed by atoms with Crippen molar-refractivity contribution < 1.29 is 13.2 Å². The molecular weight excluding hydrogens is 414 g/mol. The van der Waals surface area contributed by atoms with E-state index >= 15 is 0 Å². The van der Waals surface area contributed by atoms with Crippen LogP contribution in [0.5, 0.6) is 0 Å². The number of thiocarbonyl (C=S) groups is 2. The molecule has 1 aromatic carbocycles. The number of ketones is 1. The second-order valence-corrected chi connectivity index (χ2v) is 9.14. The van der Waals surface area contributed by atoms with Gasteiger partial charge in [0.15, 0.2) is 15.6 Å². The average molecular weight is 436 g/mol. The number of pyridine rings is 1. The van der Waals surface area contributed by atoms with E-state index < -0.39 is 21.4 Å². The highest BCUT2D eigenvalue weighted by Crippen LogP contribution is 2.07. The molecule has 0 aliphatic rings. The average Bonchev–Trinajstić information content (AvgIpc) is 2.67. The van der Waals surface area contributed by atoms with Crippen molar-refractivity contribution in [1.82, 2.24) is 14.8 Å². The van der Waals surface area contributed by atoms with Gasteiger partial charge in [0.1, 0.15) is 21.6 Å². The van der Waals surface area contributed by atoms with Gasteiger partial charge in [0.2, 0.25) is 0 Å².